The summed E-state index contributed by atoms with van der Waals surface area (Å²) in [4.78, 5) is 23.0. The summed E-state index contributed by atoms with van der Waals surface area (Å²) in [5.74, 6) is -1.44. The van der Waals surface area contributed by atoms with E-state index in [1.54, 1.807) is 21.1 Å². The number of quaternary nitrogens is 1. The molecule has 0 bridgehead atoms. The van der Waals surface area contributed by atoms with E-state index < -0.39 is 18.1 Å². The number of hydrogen-bond donors (Lipinski definition) is 1. The number of esters is 1. The quantitative estimate of drug-likeness (QED) is 0.128. The standard InChI is InChI=1S/C26H45NO6/c1-5-6-7-8-9-10-11-12-13-14-15-16-17-18-25(29)33-22-23(28)21-32-20-19-24(26(30)31)27(2,3)4/h6-11,23-24,28H,5,12-22H2,1-4H3/b7-6+,9-8+,11-10+. The molecule has 0 aliphatic heterocycles. The van der Waals surface area contributed by atoms with Crippen molar-refractivity contribution in [2.45, 2.75) is 76.9 Å². The molecule has 0 fully saturated rings. The second-order valence-electron chi connectivity index (χ2n) is 9.11. The number of aliphatic hydroxyl groups is 1. The monoisotopic (exact) mass is 467 g/mol. The number of allylic oxidation sites excluding steroid dienone is 6. The number of carbonyl (C=O) groups is 2. The molecule has 33 heavy (non-hydrogen) atoms. The first kappa shape index (κ1) is 31.0. The van der Waals surface area contributed by atoms with Gasteiger partial charge in [-0.25, -0.2) is 0 Å². The van der Waals surface area contributed by atoms with Gasteiger partial charge >= 0.3 is 5.97 Å². The lowest BCUT2D eigenvalue weighted by molar-refractivity contribution is -0.889. The molecule has 1 N–H and O–H groups in total. The van der Waals surface area contributed by atoms with Crippen molar-refractivity contribution in [2.75, 3.05) is 41.0 Å². The number of aliphatic carboxylic acids is 1. The Balaban J connectivity index is 3.68. The van der Waals surface area contributed by atoms with Crippen LogP contribution in [0.1, 0.15) is 64.7 Å². The van der Waals surface area contributed by atoms with E-state index in [9.17, 15) is 19.8 Å². The third-order valence-electron chi connectivity index (χ3n) is 5.08. The van der Waals surface area contributed by atoms with Gasteiger partial charge in [0.05, 0.1) is 40.3 Å². The van der Waals surface area contributed by atoms with Gasteiger partial charge in [0.15, 0.2) is 0 Å². The maximum absolute atomic E-state index is 11.8. The molecule has 7 heteroatoms. The van der Waals surface area contributed by atoms with Crippen LogP contribution in [0.15, 0.2) is 36.5 Å². The van der Waals surface area contributed by atoms with Crippen molar-refractivity contribution >= 4 is 11.9 Å². The number of likely N-dealkylation sites (N-methyl/N-ethyl adjacent to an activating group) is 1. The maximum atomic E-state index is 11.8. The predicted octanol–water partition coefficient (Wildman–Crippen LogP) is 2.93. The van der Waals surface area contributed by atoms with Crippen molar-refractivity contribution in [1.82, 2.24) is 0 Å². The molecule has 0 amide bonds. The predicted molar refractivity (Wildman–Crippen MR) is 129 cm³/mol. The van der Waals surface area contributed by atoms with Crippen LogP contribution in [0.4, 0.5) is 0 Å². The Labute approximate surface area is 200 Å². The van der Waals surface area contributed by atoms with Crippen LogP contribution in [-0.4, -0.2) is 74.6 Å². The minimum absolute atomic E-state index is 0.0101. The highest BCUT2D eigenvalue weighted by Crippen LogP contribution is 2.09. The fourth-order valence-corrected chi connectivity index (χ4v) is 3.12. The zero-order valence-corrected chi connectivity index (χ0v) is 21.0. The molecule has 0 aliphatic carbocycles. The average molecular weight is 468 g/mol. The highest BCUT2D eigenvalue weighted by atomic mass is 16.5. The molecule has 0 spiro atoms. The van der Waals surface area contributed by atoms with Gasteiger partial charge in [0, 0.05) is 12.8 Å². The van der Waals surface area contributed by atoms with Crippen LogP contribution in [0.25, 0.3) is 0 Å². The molecule has 0 rings (SSSR count). The zero-order valence-electron chi connectivity index (χ0n) is 21.0. The molecule has 0 aliphatic rings. The molecule has 0 heterocycles. The number of carboxylic acids is 1. The Morgan fingerprint density at radius 1 is 0.939 bits per heavy atom. The fraction of sp³-hybridized carbons (Fsp3) is 0.692. The molecule has 0 saturated heterocycles. The lowest BCUT2D eigenvalue weighted by Crippen LogP contribution is -2.55. The molecular formula is C26H45NO6. The van der Waals surface area contributed by atoms with Crippen LogP contribution in [0.5, 0.6) is 0 Å². The van der Waals surface area contributed by atoms with E-state index in [4.69, 9.17) is 9.47 Å². The minimum atomic E-state index is -1.12. The third-order valence-corrected chi connectivity index (χ3v) is 5.08. The Bertz CT molecular complexity index is 606. The zero-order chi connectivity index (χ0) is 25.0. The first-order valence-electron chi connectivity index (χ1n) is 12.1. The number of ether oxygens (including phenoxy) is 2. The van der Waals surface area contributed by atoms with E-state index in [0.29, 0.717) is 6.42 Å². The molecular weight excluding hydrogens is 422 g/mol. The number of unbranched alkanes of at least 4 members (excludes halogenated alkanes) is 5. The number of hydrogen-bond acceptors (Lipinski definition) is 6. The Morgan fingerprint density at radius 3 is 2.21 bits per heavy atom. The topological polar surface area (TPSA) is 95.9 Å². The van der Waals surface area contributed by atoms with Gasteiger partial charge in [-0.15, -0.1) is 0 Å². The first-order valence-corrected chi connectivity index (χ1v) is 12.1. The fourth-order valence-electron chi connectivity index (χ4n) is 3.12. The van der Waals surface area contributed by atoms with Crippen LogP contribution >= 0.6 is 0 Å². The van der Waals surface area contributed by atoms with Crippen molar-refractivity contribution in [2.24, 2.45) is 0 Å². The summed E-state index contributed by atoms with van der Waals surface area (Å²) in [6, 6.07) is -0.688. The third kappa shape index (κ3) is 19.2. The maximum Gasteiger partial charge on any atom is 0.305 e. The largest absolute Gasteiger partial charge is 0.544 e. The van der Waals surface area contributed by atoms with Gasteiger partial charge in [0.2, 0.25) is 0 Å². The Kier molecular flexibility index (Phi) is 18.3. The van der Waals surface area contributed by atoms with E-state index >= 15 is 0 Å². The van der Waals surface area contributed by atoms with Gasteiger partial charge in [0.1, 0.15) is 18.8 Å². The van der Waals surface area contributed by atoms with Gasteiger partial charge < -0.3 is 29.0 Å². The van der Waals surface area contributed by atoms with Gasteiger partial charge in [-0.2, -0.15) is 0 Å². The van der Waals surface area contributed by atoms with E-state index in [0.717, 1.165) is 44.9 Å². The lowest BCUT2D eigenvalue weighted by Gasteiger charge is -2.34. The van der Waals surface area contributed by atoms with Crippen LogP contribution in [0, 0.1) is 0 Å². The normalized spacial score (nSPS) is 14.3. The Hall–Kier alpha value is -1.96. The number of aliphatic hydroxyl groups excluding tert-OH is 1. The Morgan fingerprint density at radius 2 is 1.58 bits per heavy atom. The summed E-state index contributed by atoms with van der Waals surface area (Å²) in [5, 5.41) is 21.1. The molecule has 7 nitrogen and oxygen atoms in total. The molecule has 0 aromatic carbocycles. The second-order valence-corrected chi connectivity index (χ2v) is 9.11. The number of carbonyl (C=O) groups excluding carboxylic acids is 2. The molecule has 0 saturated carbocycles. The first-order chi connectivity index (χ1) is 15.7. The van der Waals surface area contributed by atoms with Crippen molar-refractivity contribution in [3.8, 4) is 0 Å². The highest BCUT2D eigenvalue weighted by molar-refractivity contribution is 5.69. The van der Waals surface area contributed by atoms with Crippen molar-refractivity contribution < 1.29 is 33.8 Å². The number of carboxylic acid groups (broad SMARTS) is 1. The van der Waals surface area contributed by atoms with Crippen LogP contribution < -0.4 is 5.11 Å². The van der Waals surface area contributed by atoms with Crippen LogP contribution in [0.2, 0.25) is 0 Å². The van der Waals surface area contributed by atoms with Gasteiger partial charge in [0.25, 0.3) is 0 Å². The van der Waals surface area contributed by atoms with Crippen LogP contribution in [0.3, 0.4) is 0 Å². The molecule has 2 atom stereocenters. The summed E-state index contributed by atoms with van der Waals surface area (Å²) in [7, 11) is 5.33. The minimum Gasteiger partial charge on any atom is -0.544 e. The smallest absolute Gasteiger partial charge is 0.305 e. The molecule has 190 valence electrons. The summed E-state index contributed by atoms with van der Waals surface area (Å²) in [6.45, 7) is 2.17. The van der Waals surface area contributed by atoms with Crippen LogP contribution in [-0.2, 0) is 19.1 Å². The van der Waals surface area contributed by atoms with E-state index in [1.807, 2.05) is 12.2 Å². The lowest BCUT2D eigenvalue weighted by atomic mass is 10.1. The molecule has 0 radical (unpaired) electrons. The van der Waals surface area contributed by atoms with Gasteiger partial charge in [-0.05, 0) is 25.7 Å². The SMILES string of the molecule is CC/C=C/C=C/C=C/CCCCCCCC(=O)OCC(O)COCCC(C(=O)[O-])[N+](C)(C)C. The molecule has 2 unspecified atom stereocenters. The average Bonchev–Trinajstić information content (AvgIpc) is 2.74. The van der Waals surface area contributed by atoms with E-state index in [-0.39, 0.29) is 36.7 Å². The summed E-state index contributed by atoms with van der Waals surface area (Å²) in [5.41, 5.74) is 0. The van der Waals surface area contributed by atoms with Crippen molar-refractivity contribution in [3.63, 3.8) is 0 Å². The summed E-state index contributed by atoms with van der Waals surface area (Å²) in [6.07, 6.45) is 19.4. The number of rotatable bonds is 20. The summed E-state index contributed by atoms with van der Waals surface area (Å²) < 4.78 is 10.7. The van der Waals surface area contributed by atoms with Crippen molar-refractivity contribution in [3.05, 3.63) is 36.5 Å². The van der Waals surface area contributed by atoms with Gasteiger partial charge in [-0.3, -0.25) is 4.79 Å². The van der Waals surface area contributed by atoms with Gasteiger partial charge in [-0.1, -0.05) is 62.6 Å². The highest BCUT2D eigenvalue weighted by Gasteiger charge is 2.24. The molecule has 0 aromatic heterocycles. The second kappa shape index (κ2) is 19.5. The van der Waals surface area contributed by atoms with Crippen molar-refractivity contribution in [1.29, 1.82) is 0 Å². The van der Waals surface area contributed by atoms with E-state index in [1.165, 1.54) is 0 Å². The molecule has 0 aromatic rings. The summed E-state index contributed by atoms with van der Waals surface area (Å²) >= 11 is 0. The number of nitrogens with zero attached hydrogens (tertiary/aromatic N) is 1. The van der Waals surface area contributed by atoms with E-state index in [2.05, 4.69) is 31.2 Å².